The molecule has 0 bridgehead atoms. The lowest BCUT2D eigenvalue weighted by Crippen LogP contribution is -2.14. The lowest BCUT2D eigenvalue weighted by atomic mass is 10.0. The molecule has 1 unspecified atom stereocenters. The first-order valence-electron chi connectivity index (χ1n) is 6.25. The Morgan fingerprint density at radius 2 is 2.11 bits per heavy atom. The first kappa shape index (κ1) is 14.4. The molecule has 1 N–H and O–H groups in total. The van der Waals surface area contributed by atoms with Gasteiger partial charge in [-0.05, 0) is 39.1 Å². The van der Waals surface area contributed by atoms with Gasteiger partial charge in [0, 0.05) is 16.5 Å². The molecule has 2 rings (SSSR count). The summed E-state index contributed by atoms with van der Waals surface area (Å²) in [5.74, 6) is 0.928. The van der Waals surface area contributed by atoms with E-state index in [1.54, 1.807) is 11.3 Å². The summed E-state index contributed by atoms with van der Waals surface area (Å²) in [5.41, 5.74) is 2.42. The summed E-state index contributed by atoms with van der Waals surface area (Å²) in [6.07, 6.45) is 0. The van der Waals surface area contributed by atoms with Crippen molar-refractivity contribution < 1.29 is 4.74 Å². The van der Waals surface area contributed by atoms with E-state index in [4.69, 9.17) is 16.3 Å². The first-order valence-corrected chi connectivity index (χ1v) is 7.44. The predicted octanol–water partition coefficient (Wildman–Crippen LogP) is 4.57. The quantitative estimate of drug-likeness (QED) is 0.872. The van der Waals surface area contributed by atoms with E-state index < -0.39 is 0 Å². The lowest BCUT2D eigenvalue weighted by Gasteiger charge is -2.17. The van der Waals surface area contributed by atoms with Crippen LogP contribution in [0.5, 0.6) is 5.75 Å². The second-order valence-corrected chi connectivity index (χ2v) is 6.35. The van der Waals surface area contributed by atoms with Crippen LogP contribution in [-0.4, -0.2) is 7.05 Å². The second-order valence-electron chi connectivity index (χ2n) is 4.55. The molecule has 0 spiro atoms. The van der Waals surface area contributed by atoms with E-state index in [1.807, 2.05) is 25.2 Å². The van der Waals surface area contributed by atoms with Gasteiger partial charge in [-0.15, -0.1) is 11.3 Å². The van der Waals surface area contributed by atoms with Gasteiger partial charge in [-0.3, -0.25) is 0 Å². The van der Waals surface area contributed by atoms with Gasteiger partial charge in [0.25, 0.3) is 0 Å². The molecule has 0 saturated carbocycles. The van der Waals surface area contributed by atoms with Gasteiger partial charge < -0.3 is 10.1 Å². The SMILES string of the molecule is CNC(C)c1cc(C)ccc1OCc1ccc(Cl)s1. The maximum atomic E-state index is 5.93. The summed E-state index contributed by atoms with van der Waals surface area (Å²) in [5, 5.41) is 3.25. The molecule has 1 aromatic heterocycles. The molecule has 1 aromatic carbocycles. The number of hydrogen-bond donors (Lipinski definition) is 1. The highest BCUT2D eigenvalue weighted by Gasteiger charge is 2.11. The third-order valence-electron chi connectivity index (χ3n) is 3.06. The van der Waals surface area contributed by atoms with Gasteiger partial charge in [0.15, 0.2) is 0 Å². The van der Waals surface area contributed by atoms with E-state index in [-0.39, 0.29) is 6.04 Å². The van der Waals surface area contributed by atoms with E-state index in [0.717, 1.165) is 15.0 Å². The van der Waals surface area contributed by atoms with Gasteiger partial charge in [0.05, 0.1) is 4.34 Å². The molecule has 0 fully saturated rings. The zero-order valence-corrected chi connectivity index (χ0v) is 12.9. The van der Waals surface area contributed by atoms with E-state index in [2.05, 4.69) is 31.3 Å². The summed E-state index contributed by atoms with van der Waals surface area (Å²) in [6, 6.07) is 10.4. The van der Waals surface area contributed by atoms with Crippen LogP contribution in [0.2, 0.25) is 4.34 Å². The van der Waals surface area contributed by atoms with Gasteiger partial charge in [0.2, 0.25) is 0 Å². The summed E-state index contributed by atoms with van der Waals surface area (Å²) in [7, 11) is 1.95. The van der Waals surface area contributed by atoms with E-state index in [0.29, 0.717) is 6.61 Å². The molecule has 2 aromatic rings. The van der Waals surface area contributed by atoms with Gasteiger partial charge in [-0.1, -0.05) is 29.3 Å². The third kappa shape index (κ3) is 3.72. The number of ether oxygens (including phenoxy) is 1. The molecule has 19 heavy (non-hydrogen) atoms. The maximum absolute atomic E-state index is 5.93. The predicted molar refractivity (Wildman–Crippen MR) is 82.3 cm³/mol. The van der Waals surface area contributed by atoms with Crippen molar-refractivity contribution in [2.75, 3.05) is 7.05 Å². The Morgan fingerprint density at radius 1 is 1.32 bits per heavy atom. The monoisotopic (exact) mass is 295 g/mol. The van der Waals surface area contributed by atoms with Gasteiger partial charge in [-0.2, -0.15) is 0 Å². The Labute approximate surface area is 123 Å². The molecule has 1 heterocycles. The number of benzene rings is 1. The molecular formula is C15H18ClNOS. The highest BCUT2D eigenvalue weighted by atomic mass is 35.5. The first-order chi connectivity index (χ1) is 9.10. The summed E-state index contributed by atoms with van der Waals surface area (Å²) >= 11 is 7.48. The fraction of sp³-hybridized carbons (Fsp3) is 0.333. The molecule has 0 aliphatic rings. The van der Waals surface area contributed by atoms with Gasteiger partial charge >= 0.3 is 0 Å². The molecule has 0 saturated heterocycles. The van der Waals surface area contributed by atoms with Gasteiger partial charge in [0.1, 0.15) is 12.4 Å². The maximum Gasteiger partial charge on any atom is 0.124 e. The highest BCUT2D eigenvalue weighted by molar-refractivity contribution is 7.16. The van der Waals surface area contributed by atoms with E-state index >= 15 is 0 Å². The standard InChI is InChI=1S/C15H18ClNOS/c1-10-4-6-14(13(8-10)11(2)17-3)18-9-12-5-7-15(16)19-12/h4-8,11,17H,9H2,1-3H3. The van der Waals surface area contributed by atoms with Crippen LogP contribution in [0, 0.1) is 6.92 Å². The van der Waals surface area contributed by atoms with E-state index in [9.17, 15) is 0 Å². The molecular weight excluding hydrogens is 278 g/mol. The van der Waals surface area contributed by atoms with Crippen LogP contribution in [0.4, 0.5) is 0 Å². The molecule has 0 aliphatic carbocycles. The van der Waals surface area contributed by atoms with Crippen LogP contribution in [0.15, 0.2) is 30.3 Å². The smallest absolute Gasteiger partial charge is 0.124 e. The second kappa shape index (κ2) is 6.42. The zero-order valence-electron chi connectivity index (χ0n) is 11.4. The van der Waals surface area contributed by atoms with Crippen molar-refractivity contribution in [3.63, 3.8) is 0 Å². The Kier molecular flexibility index (Phi) is 4.86. The number of hydrogen-bond acceptors (Lipinski definition) is 3. The number of halogens is 1. The Morgan fingerprint density at radius 3 is 2.74 bits per heavy atom. The minimum Gasteiger partial charge on any atom is -0.488 e. The van der Waals surface area contributed by atoms with Crippen molar-refractivity contribution in [3.05, 3.63) is 50.7 Å². The van der Waals surface area contributed by atoms with Crippen LogP contribution in [0.3, 0.4) is 0 Å². The van der Waals surface area contributed by atoms with Crippen LogP contribution in [0.25, 0.3) is 0 Å². The average Bonchev–Trinajstić information content (AvgIpc) is 2.82. The van der Waals surface area contributed by atoms with Crippen LogP contribution in [0.1, 0.15) is 29.0 Å². The van der Waals surface area contributed by atoms with Crippen molar-refractivity contribution in [3.8, 4) is 5.75 Å². The lowest BCUT2D eigenvalue weighted by molar-refractivity contribution is 0.303. The molecule has 2 nitrogen and oxygen atoms in total. The number of rotatable bonds is 5. The number of thiophene rings is 1. The highest BCUT2D eigenvalue weighted by Crippen LogP contribution is 2.28. The summed E-state index contributed by atoms with van der Waals surface area (Å²) in [4.78, 5) is 1.13. The van der Waals surface area contributed by atoms with Crippen molar-refractivity contribution >= 4 is 22.9 Å². The molecule has 0 amide bonds. The summed E-state index contributed by atoms with van der Waals surface area (Å²) in [6.45, 7) is 4.78. The van der Waals surface area contributed by atoms with Crippen molar-refractivity contribution in [2.24, 2.45) is 0 Å². The van der Waals surface area contributed by atoms with Crippen LogP contribution >= 0.6 is 22.9 Å². The Balaban J connectivity index is 2.15. The van der Waals surface area contributed by atoms with Crippen LogP contribution in [-0.2, 0) is 6.61 Å². The minimum atomic E-state index is 0.266. The van der Waals surface area contributed by atoms with E-state index in [1.165, 1.54) is 11.1 Å². The third-order valence-corrected chi connectivity index (χ3v) is 4.27. The Bertz CT molecular complexity index is 553. The van der Waals surface area contributed by atoms with Crippen molar-refractivity contribution in [1.29, 1.82) is 0 Å². The molecule has 1 atom stereocenters. The molecule has 0 radical (unpaired) electrons. The van der Waals surface area contributed by atoms with Crippen molar-refractivity contribution in [1.82, 2.24) is 5.32 Å². The topological polar surface area (TPSA) is 21.3 Å². The molecule has 0 aliphatic heterocycles. The van der Waals surface area contributed by atoms with Crippen molar-refractivity contribution in [2.45, 2.75) is 26.5 Å². The number of aryl methyl sites for hydroxylation is 1. The zero-order chi connectivity index (χ0) is 13.8. The van der Waals surface area contributed by atoms with Gasteiger partial charge in [-0.25, -0.2) is 0 Å². The van der Waals surface area contributed by atoms with Crippen LogP contribution < -0.4 is 10.1 Å². The largest absolute Gasteiger partial charge is 0.488 e. The number of nitrogens with one attached hydrogen (secondary N) is 1. The molecule has 4 heteroatoms. The average molecular weight is 296 g/mol. The summed E-state index contributed by atoms with van der Waals surface area (Å²) < 4.78 is 6.72. The fourth-order valence-corrected chi connectivity index (χ4v) is 2.87. The minimum absolute atomic E-state index is 0.266. The fourth-order valence-electron chi connectivity index (χ4n) is 1.87. The Hall–Kier alpha value is -1.03. The normalized spacial score (nSPS) is 12.4. The molecule has 102 valence electrons.